The number of nitrogens with zero attached hydrogens (tertiary/aromatic N) is 1. The number of nitrogens with one attached hydrogen (secondary N) is 1. The molecule has 1 fully saturated rings. The van der Waals surface area contributed by atoms with Gasteiger partial charge in [-0.3, -0.25) is 4.79 Å². The molecule has 1 saturated heterocycles. The average Bonchev–Trinajstić information content (AvgIpc) is 2.72. The minimum Gasteiger partial charge on any atom is -0.371 e. The first-order valence-corrected chi connectivity index (χ1v) is 11.5. The van der Waals surface area contributed by atoms with Gasteiger partial charge in [0.05, 0.1) is 6.04 Å². The molecule has 3 rings (SSSR count). The van der Waals surface area contributed by atoms with Crippen molar-refractivity contribution in [2.45, 2.75) is 71.8 Å². The molecular formula is C27H38N2O. The maximum Gasteiger partial charge on any atom is 0.220 e. The first-order chi connectivity index (χ1) is 14.2. The fourth-order valence-electron chi connectivity index (χ4n) is 4.22. The van der Waals surface area contributed by atoms with Crippen LogP contribution in [0.1, 0.15) is 76.6 Å². The lowest BCUT2D eigenvalue weighted by Crippen LogP contribution is -2.34. The lowest BCUT2D eigenvalue weighted by atomic mass is 9.86. The van der Waals surface area contributed by atoms with Crippen molar-refractivity contribution in [3.63, 3.8) is 0 Å². The molecule has 1 heterocycles. The average molecular weight is 407 g/mol. The summed E-state index contributed by atoms with van der Waals surface area (Å²) >= 11 is 0. The number of amides is 1. The van der Waals surface area contributed by atoms with Crippen LogP contribution in [0.5, 0.6) is 0 Å². The minimum atomic E-state index is 0.0232. The molecule has 1 aliphatic rings. The summed E-state index contributed by atoms with van der Waals surface area (Å²) in [6.07, 6.45) is 3.89. The highest BCUT2D eigenvalue weighted by molar-refractivity contribution is 5.76. The highest BCUT2D eigenvalue weighted by atomic mass is 16.1. The van der Waals surface area contributed by atoms with Crippen molar-refractivity contribution in [1.29, 1.82) is 0 Å². The van der Waals surface area contributed by atoms with E-state index in [2.05, 4.69) is 93.4 Å². The van der Waals surface area contributed by atoms with Crippen LogP contribution in [0.25, 0.3) is 0 Å². The zero-order chi connectivity index (χ0) is 21.7. The third-order valence-electron chi connectivity index (χ3n) is 6.25. The normalized spacial score (nSPS) is 18.2. The summed E-state index contributed by atoms with van der Waals surface area (Å²) in [5.41, 5.74) is 5.15. The number of aryl methyl sites for hydroxylation is 1. The first-order valence-electron chi connectivity index (χ1n) is 11.5. The Kier molecular flexibility index (Phi) is 7.23. The quantitative estimate of drug-likeness (QED) is 0.635. The molecule has 2 aromatic carbocycles. The number of hydrogen-bond acceptors (Lipinski definition) is 2. The van der Waals surface area contributed by atoms with Crippen LogP contribution in [-0.2, 0) is 16.6 Å². The first kappa shape index (κ1) is 22.4. The van der Waals surface area contributed by atoms with Crippen LogP contribution < -0.4 is 10.2 Å². The van der Waals surface area contributed by atoms with E-state index in [-0.39, 0.29) is 17.4 Å². The Morgan fingerprint density at radius 3 is 2.37 bits per heavy atom. The number of piperidine rings is 1. The van der Waals surface area contributed by atoms with Gasteiger partial charge < -0.3 is 10.2 Å². The van der Waals surface area contributed by atoms with E-state index < -0.39 is 0 Å². The van der Waals surface area contributed by atoms with Crippen molar-refractivity contribution in [3.05, 3.63) is 65.2 Å². The van der Waals surface area contributed by atoms with Gasteiger partial charge in [0.25, 0.3) is 0 Å². The van der Waals surface area contributed by atoms with Gasteiger partial charge in [-0.1, -0.05) is 64.1 Å². The van der Waals surface area contributed by atoms with Gasteiger partial charge in [0, 0.05) is 25.2 Å². The molecule has 2 atom stereocenters. The van der Waals surface area contributed by atoms with Crippen LogP contribution in [0.3, 0.4) is 0 Å². The van der Waals surface area contributed by atoms with Crippen molar-refractivity contribution in [2.24, 2.45) is 5.92 Å². The number of hydrogen-bond donors (Lipinski definition) is 1. The molecule has 0 aliphatic carbocycles. The van der Waals surface area contributed by atoms with E-state index in [0.717, 1.165) is 31.0 Å². The van der Waals surface area contributed by atoms with Gasteiger partial charge in [-0.2, -0.15) is 0 Å². The lowest BCUT2D eigenvalue weighted by Gasteiger charge is -2.33. The third-order valence-corrected chi connectivity index (χ3v) is 6.25. The largest absolute Gasteiger partial charge is 0.371 e. The maximum atomic E-state index is 12.5. The van der Waals surface area contributed by atoms with Crippen LogP contribution in [-0.4, -0.2) is 19.0 Å². The zero-order valence-electron chi connectivity index (χ0n) is 19.4. The molecule has 30 heavy (non-hydrogen) atoms. The van der Waals surface area contributed by atoms with Gasteiger partial charge in [0.15, 0.2) is 0 Å². The van der Waals surface area contributed by atoms with Gasteiger partial charge in [-0.05, 0) is 66.3 Å². The predicted octanol–water partition coefficient (Wildman–Crippen LogP) is 6.03. The Bertz CT molecular complexity index is 817. The Balaban J connectivity index is 1.49. The van der Waals surface area contributed by atoms with Crippen LogP contribution in [0.15, 0.2) is 48.5 Å². The Labute approximate surface area is 182 Å². The van der Waals surface area contributed by atoms with Gasteiger partial charge in [-0.25, -0.2) is 0 Å². The third kappa shape index (κ3) is 6.10. The van der Waals surface area contributed by atoms with E-state index in [1.165, 1.54) is 29.7 Å². The number of rotatable bonds is 6. The van der Waals surface area contributed by atoms with Crippen molar-refractivity contribution >= 4 is 11.6 Å². The molecule has 162 valence electrons. The maximum absolute atomic E-state index is 12.5. The molecule has 1 N–H and O–H groups in total. The fraction of sp³-hybridized carbons (Fsp3) is 0.519. The van der Waals surface area contributed by atoms with E-state index in [9.17, 15) is 4.79 Å². The predicted molar refractivity (Wildman–Crippen MR) is 127 cm³/mol. The van der Waals surface area contributed by atoms with Crippen LogP contribution in [0.4, 0.5) is 5.69 Å². The van der Waals surface area contributed by atoms with Crippen LogP contribution >= 0.6 is 0 Å². The van der Waals surface area contributed by atoms with Crippen LogP contribution in [0, 0.1) is 5.92 Å². The zero-order valence-corrected chi connectivity index (χ0v) is 19.4. The molecule has 0 bridgehead atoms. The van der Waals surface area contributed by atoms with E-state index >= 15 is 0 Å². The Hall–Kier alpha value is -2.29. The highest BCUT2D eigenvalue weighted by Gasteiger charge is 2.17. The topological polar surface area (TPSA) is 32.3 Å². The SMILES string of the molecule is C[C@H]1CCCN(c2ccc([C@@H](C)NC(=O)CCc3ccc(C(C)(C)C)cc3)cc2)C1. The molecule has 0 aromatic heterocycles. The van der Waals surface area contributed by atoms with Gasteiger partial charge in [-0.15, -0.1) is 0 Å². The van der Waals surface area contributed by atoms with E-state index in [0.29, 0.717) is 6.42 Å². The van der Waals surface area contributed by atoms with Crippen molar-refractivity contribution in [3.8, 4) is 0 Å². The molecule has 0 unspecified atom stereocenters. The number of benzene rings is 2. The molecule has 0 spiro atoms. The summed E-state index contributed by atoms with van der Waals surface area (Å²) in [4.78, 5) is 14.9. The van der Waals surface area contributed by atoms with E-state index in [1.54, 1.807) is 0 Å². The lowest BCUT2D eigenvalue weighted by molar-refractivity contribution is -0.121. The summed E-state index contributed by atoms with van der Waals surface area (Å²) in [5.74, 6) is 0.873. The van der Waals surface area contributed by atoms with Gasteiger partial charge >= 0.3 is 0 Å². The minimum absolute atomic E-state index is 0.0232. The Morgan fingerprint density at radius 2 is 1.77 bits per heavy atom. The Morgan fingerprint density at radius 1 is 1.10 bits per heavy atom. The van der Waals surface area contributed by atoms with Gasteiger partial charge in [0.1, 0.15) is 0 Å². The summed E-state index contributed by atoms with van der Waals surface area (Å²) in [7, 11) is 0. The summed E-state index contributed by atoms with van der Waals surface area (Å²) in [6.45, 7) is 13.3. The standard InChI is InChI=1S/C27H38N2O/c1-20-7-6-18-29(19-20)25-15-11-23(12-16-25)21(2)28-26(30)17-10-22-8-13-24(14-9-22)27(3,4)5/h8-9,11-16,20-21H,6-7,10,17-19H2,1-5H3,(H,28,30)/t20-,21+/m0/s1. The van der Waals surface area contributed by atoms with Gasteiger partial charge in [0.2, 0.25) is 5.91 Å². The van der Waals surface area contributed by atoms with Crippen molar-refractivity contribution in [1.82, 2.24) is 5.32 Å². The molecular weight excluding hydrogens is 368 g/mol. The molecule has 1 amide bonds. The number of carbonyl (C=O) groups excluding carboxylic acids is 1. The summed E-state index contributed by atoms with van der Waals surface area (Å²) in [6, 6.07) is 17.4. The van der Waals surface area contributed by atoms with E-state index in [4.69, 9.17) is 0 Å². The monoisotopic (exact) mass is 406 g/mol. The smallest absolute Gasteiger partial charge is 0.220 e. The second-order valence-electron chi connectivity index (χ2n) is 10.0. The highest BCUT2D eigenvalue weighted by Crippen LogP contribution is 2.25. The fourth-order valence-corrected chi connectivity index (χ4v) is 4.22. The van der Waals surface area contributed by atoms with Crippen LogP contribution in [0.2, 0.25) is 0 Å². The molecule has 1 aliphatic heterocycles. The summed E-state index contributed by atoms with van der Waals surface area (Å²) in [5, 5.41) is 3.16. The molecule has 3 nitrogen and oxygen atoms in total. The van der Waals surface area contributed by atoms with Crippen molar-refractivity contribution in [2.75, 3.05) is 18.0 Å². The second-order valence-corrected chi connectivity index (χ2v) is 10.0. The summed E-state index contributed by atoms with van der Waals surface area (Å²) < 4.78 is 0. The molecule has 3 heteroatoms. The number of carbonyl (C=O) groups is 1. The molecule has 0 saturated carbocycles. The molecule has 2 aromatic rings. The van der Waals surface area contributed by atoms with E-state index in [1.807, 2.05) is 0 Å². The second kappa shape index (κ2) is 9.68. The van der Waals surface area contributed by atoms with Crippen molar-refractivity contribution < 1.29 is 4.79 Å². The number of anilines is 1. The molecule has 0 radical (unpaired) electrons.